The number of rotatable bonds is 2. The van der Waals surface area contributed by atoms with Crippen LogP contribution in [0.3, 0.4) is 0 Å². The Morgan fingerprint density at radius 1 is 1.21 bits per heavy atom. The van der Waals surface area contributed by atoms with Gasteiger partial charge in [0.15, 0.2) is 0 Å². The highest BCUT2D eigenvalue weighted by atomic mass is 35.5. The molecule has 2 heteroatoms. The molecule has 0 aliphatic heterocycles. The molecule has 2 rings (SSSR count). The standard InChI is InChI=1S/C10H11ClO.C2H6/c1-7-4-8(11)6-10(5-7)12-9-2-3-9;1-2/h4-6,9H,2-3H2,1H3;1-2H3. The third-order valence-electron chi connectivity index (χ3n) is 1.84. The molecule has 1 aromatic rings. The second kappa shape index (κ2) is 5.26. The van der Waals surface area contributed by atoms with Crippen LogP contribution in [0.2, 0.25) is 5.02 Å². The van der Waals surface area contributed by atoms with Gasteiger partial charge in [-0.25, -0.2) is 0 Å². The van der Waals surface area contributed by atoms with Gasteiger partial charge in [0.25, 0.3) is 0 Å². The summed E-state index contributed by atoms with van der Waals surface area (Å²) in [6, 6.07) is 5.82. The average molecular weight is 213 g/mol. The highest BCUT2D eigenvalue weighted by molar-refractivity contribution is 6.30. The van der Waals surface area contributed by atoms with Crippen molar-refractivity contribution in [2.75, 3.05) is 0 Å². The summed E-state index contributed by atoms with van der Waals surface area (Å²) in [5.41, 5.74) is 1.15. The lowest BCUT2D eigenvalue weighted by molar-refractivity contribution is 0.303. The normalized spacial score (nSPS) is 14.3. The summed E-state index contributed by atoms with van der Waals surface area (Å²) < 4.78 is 5.60. The third-order valence-corrected chi connectivity index (χ3v) is 2.06. The van der Waals surface area contributed by atoms with Gasteiger partial charge >= 0.3 is 0 Å². The minimum absolute atomic E-state index is 0.447. The maximum absolute atomic E-state index is 5.87. The Balaban J connectivity index is 0.000000461. The Hall–Kier alpha value is -0.690. The Morgan fingerprint density at radius 3 is 2.36 bits per heavy atom. The zero-order chi connectivity index (χ0) is 10.6. The topological polar surface area (TPSA) is 9.23 Å². The first-order valence-corrected chi connectivity index (χ1v) is 5.56. The van der Waals surface area contributed by atoms with E-state index in [2.05, 4.69) is 0 Å². The maximum Gasteiger partial charge on any atom is 0.121 e. The van der Waals surface area contributed by atoms with Gasteiger partial charge in [-0.1, -0.05) is 25.4 Å². The van der Waals surface area contributed by atoms with Crippen molar-refractivity contribution in [3.05, 3.63) is 28.8 Å². The molecule has 0 unspecified atom stereocenters. The highest BCUT2D eigenvalue weighted by Crippen LogP contribution is 2.28. The molecule has 0 bridgehead atoms. The van der Waals surface area contributed by atoms with E-state index in [-0.39, 0.29) is 0 Å². The van der Waals surface area contributed by atoms with E-state index >= 15 is 0 Å². The number of benzene rings is 1. The summed E-state index contributed by atoms with van der Waals surface area (Å²) in [4.78, 5) is 0. The molecule has 0 N–H and O–H groups in total. The number of hydrogen-bond donors (Lipinski definition) is 0. The minimum atomic E-state index is 0.447. The van der Waals surface area contributed by atoms with Crippen molar-refractivity contribution in [2.24, 2.45) is 0 Å². The molecule has 1 nitrogen and oxygen atoms in total. The van der Waals surface area contributed by atoms with Gasteiger partial charge in [0, 0.05) is 5.02 Å². The van der Waals surface area contributed by atoms with Crippen molar-refractivity contribution < 1.29 is 4.74 Å². The lowest BCUT2D eigenvalue weighted by Crippen LogP contribution is -1.95. The molecule has 0 aromatic heterocycles. The zero-order valence-electron chi connectivity index (χ0n) is 9.01. The van der Waals surface area contributed by atoms with Crippen LogP contribution < -0.4 is 4.74 Å². The molecule has 0 saturated heterocycles. The maximum atomic E-state index is 5.87. The van der Waals surface area contributed by atoms with E-state index in [9.17, 15) is 0 Å². The van der Waals surface area contributed by atoms with Gasteiger partial charge in [-0.3, -0.25) is 0 Å². The van der Waals surface area contributed by atoms with Crippen LogP contribution in [0.25, 0.3) is 0 Å². The van der Waals surface area contributed by atoms with E-state index in [0.717, 1.165) is 16.3 Å². The number of halogens is 1. The van der Waals surface area contributed by atoms with E-state index in [0.29, 0.717) is 6.10 Å². The second-order valence-corrected chi connectivity index (χ2v) is 3.72. The van der Waals surface area contributed by atoms with Gasteiger partial charge in [0.1, 0.15) is 5.75 Å². The predicted octanol–water partition coefficient (Wildman–Crippen LogP) is 4.22. The molecule has 0 atom stereocenters. The molecular weight excluding hydrogens is 196 g/mol. The second-order valence-electron chi connectivity index (χ2n) is 3.28. The van der Waals surface area contributed by atoms with Gasteiger partial charge in [0.2, 0.25) is 0 Å². The van der Waals surface area contributed by atoms with Gasteiger partial charge in [0.05, 0.1) is 6.10 Å². The van der Waals surface area contributed by atoms with Gasteiger partial charge in [-0.2, -0.15) is 0 Å². The largest absolute Gasteiger partial charge is 0.490 e. The lowest BCUT2D eigenvalue weighted by atomic mass is 10.2. The van der Waals surface area contributed by atoms with E-state index in [1.165, 1.54) is 12.8 Å². The van der Waals surface area contributed by atoms with Crippen LogP contribution in [0.1, 0.15) is 32.3 Å². The smallest absolute Gasteiger partial charge is 0.121 e. The van der Waals surface area contributed by atoms with Crippen molar-refractivity contribution in [2.45, 2.75) is 39.7 Å². The van der Waals surface area contributed by atoms with Crippen LogP contribution in [0.4, 0.5) is 0 Å². The first kappa shape index (κ1) is 11.4. The van der Waals surface area contributed by atoms with Gasteiger partial charge < -0.3 is 4.74 Å². The quantitative estimate of drug-likeness (QED) is 0.714. The van der Waals surface area contributed by atoms with Gasteiger partial charge in [-0.15, -0.1) is 0 Å². The summed E-state index contributed by atoms with van der Waals surface area (Å²) in [7, 11) is 0. The van der Waals surface area contributed by atoms with Crippen LogP contribution >= 0.6 is 11.6 Å². The molecule has 1 aromatic carbocycles. The van der Waals surface area contributed by atoms with Crippen molar-refractivity contribution in [1.82, 2.24) is 0 Å². The summed E-state index contributed by atoms with van der Waals surface area (Å²) in [6.07, 6.45) is 2.82. The van der Waals surface area contributed by atoms with Crippen LogP contribution in [0.5, 0.6) is 5.75 Å². The SMILES string of the molecule is CC.Cc1cc(Cl)cc(OC2CC2)c1. The summed E-state index contributed by atoms with van der Waals surface area (Å²) in [6.45, 7) is 6.02. The molecule has 78 valence electrons. The van der Waals surface area contributed by atoms with Crippen LogP contribution in [-0.4, -0.2) is 6.10 Å². The minimum Gasteiger partial charge on any atom is -0.490 e. The number of ether oxygens (including phenoxy) is 1. The molecule has 0 spiro atoms. The summed E-state index contributed by atoms with van der Waals surface area (Å²) in [5, 5.41) is 0.755. The molecule has 1 fully saturated rings. The Bertz CT molecular complexity index is 272. The first-order valence-electron chi connectivity index (χ1n) is 5.18. The van der Waals surface area contributed by atoms with Crippen molar-refractivity contribution in [1.29, 1.82) is 0 Å². The monoisotopic (exact) mass is 212 g/mol. The first-order chi connectivity index (χ1) is 6.74. The highest BCUT2D eigenvalue weighted by Gasteiger charge is 2.23. The van der Waals surface area contributed by atoms with Crippen molar-refractivity contribution in [3.8, 4) is 5.75 Å². The fourth-order valence-electron chi connectivity index (χ4n) is 1.15. The van der Waals surface area contributed by atoms with Crippen molar-refractivity contribution >= 4 is 11.6 Å². The van der Waals surface area contributed by atoms with E-state index in [4.69, 9.17) is 16.3 Å². The van der Waals surface area contributed by atoms with Crippen LogP contribution in [0, 0.1) is 6.92 Å². The fourth-order valence-corrected chi connectivity index (χ4v) is 1.43. The zero-order valence-corrected chi connectivity index (χ0v) is 9.77. The summed E-state index contributed by atoms with van der Waals surface area (Å²) >= 11 is 5.87. The fraction of sp³-hybridized carbons (Fsp3) is 0.500. The van der Waals surface area contributed by atoms with E-state index in [1.54, 1.807) is 0 Å². The average Bonchev–Trinajstić information content (AvgIpc) is 2.90. The molecule has 14 heavy (non-hydrogen) atoms. The predicted molar refractivity (Wildman–Crippen MR) is 61.2 cm³/mol. The molecular formula is C12H17ClO. The van der Waals surface area contributed by atoms with E-state index in [1.807, 2.05) is 39.0 Å². The number of aryl methyl sites for hydroxylation is 1. The molecule has 0 amide bonds. The van der Waals surface area contributed by atoms with E-state index < -0.39 is 0 Å². The number of hydrogen-bond acceptors (Lipinski definition) is 1. The lowest BCUT2D eigenvalue weighted by Gasteiger charge is -2.05. The van der Waals surface area contributed by atoms with Crippen LogP contribution in [-0.2, 0) is 0 Å². The summed E-state index contributed by atoms with van der Waals surface area (Å²) in [5.74, 6) is 0.905. The van der Waals surface area contributed by atoms with Gasteiger partial charge in [-0.05, 0) is 43.5 Å². The third kappa shape index (κ3) is 3.59. The Morgan fingerprint density at radius 2 is 1.86 bits per heavy atom. The molecule has 0 radical (unpaired) electrons. The molecule has 1 aliphatic rings. The molecule has 0 heterocycles. The Kier molecular flexibility index (Phi) is 4.27. The molecule has 1 aliphatic carbocycles. The van der Waals surface area contributed by atoms with Crippen molar-refractivity contribution in [3.63, 3.8) is 0 Å². The molecule has 1 saturated carbocycles. The van der Waals surface area contributed by atoms with Crippen LogP contribution in [0.15, 0.2) is 18.2 Å². The Labute approximate surface area is 91.0 Å².